The minimum Gasteiger partial charge on any atom is -0.385 e. The van der Waals surface area contributed by atoms with Gasteiger partial charge in [0.15, 0.2) is 0 Å². The third kappa shape index (κ3) is 3.36. The molecule has 0 saturated heterocycles. The van der Waals surface area contributed by atoms with Gasteiger partial charge in [-0.05, 0) is 20.4 Å². The molecule has 1 heterocycles. The molecule has 0 aliphatic carbocycles. The Morgan fingerprint density at radius 3 is 2.93 bits per heavy atom. The number of thiazole rings is 1. The van der Waals surface area contributed by atoms with Gasteiger partial charge in [-0.15, -0.1) is 11.3 Å². The van der Waals surface area contributed by atoms with Gasteiger partial charge >= 0.3 is 0 Å². The zero-order valence-corrected chi connectivity index (χ0v) is 9.91. The Hall–Kier alpha value is -0.450. The third-order valence-corrected chi connectivity index (χ3v) is 3.23. The van der Waals surface area contributed by atoms with Gasteiger partial charge in [0.1, 0.15) is 0 Å². The standard InChI is InChI=1S/C10H18N2OS/c1-8-9(7-11-2)14-10(12-8)5-4-6-13-3/h11H,4-7H2,1-3H3. The monoisotopic (exact) mass is 214 g/mol. The molecule has 80 valence electrons. The lowest BCUT2D eigenvalue weighted by molar-refractivity contribution is 0.195. The van der Waals surface area contributed by atoms with Crippen LogP contribution in [-0.4, -0.2) is 25.7 Å². The molecule has 0 spiro atoms. The van der Waals surface area contributed by atoms with Crippen molar-refractivity contribution in [1.29, 1.82) is 0 Å². The van der Waals surface area contributed by atoms with E-state index < -0.39 is 0 Å². The Balaban J connectivity index is 2.48. The van der Waals surface area contributed by atoms with Gasteiger partial charge in [-0.2, -0.15) is 0 Å². The fraction of sp³-hybridized carbons (Fsp3) is 0.700. The molecule has 0 aliphatic heterocycles. The number of rotatable bonds is 6. The van der Waals surface area contributed by atoms with Crippen LogP contribution in [0, 0.1) is 6.92 Å². The number of nitrogens with one attached hydrogen (secondary N) is 1. The predicted octanol–water partition coefficient (Wildman–Crippen LogP) is 1.75. The van der Waals surface area contributed by atoms with Gasteiger partial charge in [0.05, 0.1) is 10.7 Å². The second-order valence-electron chi connectivity index (χ2n) is 3.24. The number of methoxy groups -OCH3 is 1. The van der Waals surface area contributed by atoms with Gasteiger partial charge in [0, 0.05) is 31.6 Å². The minimum atomic E-state index is 0.819. The Morgan fingerprint density at radius 2 is 2.29 bits per heavy atom. The molecule has 0 aromatic carbocycles. The van der Waals surface area contributed by atoms with Crippen LogP contribution in [0.4, 0.5) is 0 Å². The highest BCUT2D eigenvalue weighted by Gasteiger charge is 2.05. The summed E-state index contributed by atoms with van der Waals surface area (Å²) in [6, 6.07) is 0. The van der Waals surface area contributed by atoms with Gasteiger partial charge < -0.3 is 10.1 Å². The minimum absolute atomic E-state index is 0.819. The second kappa shape index (κ2) is 6.11. The van der Waals surface area contributed by atoms with Crippen LogP contribution in [0.1, 0.15) is 22.0 Å². The molecular weight excluding hydrogens is 196 g/mol. The number of nitrogens with zero attached hydrogens (tertiary/aromatic N) is 1. The highest BCUT2D eigenvalue weighted by molar-refractivity contribution is 7.11. The summed E-state index contributed by atoms with van der Waals surface area (Å²) in [4.78, 5) is 5.87. The molecule has 0 atom stereocenters. The van der Waals surface area contributed by atoms with Crippen LogP contribution < -0.4 is 5.32 Å². The lowest BCUT2D eigenvalue weighted by Crippen LogP contribution is -2.04. The Morgan fingerprint density at radius 1 is 1.50 bits per heavy atom. The maximum atomic E-state index is 5.01. The first kappa shape index (κ1) is 11.6. The van der Waals surface area contributed by atoms with E-state index in [1.54, 1.807) is 18.4 Å². The Bertz CT molecular complexity index is 273. The quantitative estimate of drug-likeness (QED) is 0.733. The lowest BCUT2D eigenvalue weighted by Gasteiger charge is -1.95. The largest absolute Gasteiger partial charge is 0.385 e. The summed E-state index contributed by atoms with van der Waals surface area (Å²) in [5, 5.41) is 4.38. The number of hydrogen-bond donors (Lipinski definition) is 1. The van der Waals surface area contributed by atoms with Crippen LogP contribution in [0.25, 0.3) is 0 Å². The van der Waals surface area contributed by atoms with Gasteiger partial charge in [0.2, 0.25) is 0 Å². The highest BCUT2D eigenvalue weighted by Crippen LogP contribution is 2.18. The van der Waals surface area contributed by atoms with Crippen LogP contribution >= 0.6 is 11.3 Å². The van der Waals surface area contributed by atoms with Crippen molar-refractivity contribution in [3.05, 3.63) is 15.6 Å². The lowest BCUT2D eigenvalue weighted by atomic mass is 10.3. The van der Waals surface area contributed by atoms with Crippen molar-refractivity contribution < 1.29 is 4.74 Å². The van der Waals surface area contributed by atoms with E-state index in [4.69, 9.17) is 4.74 Å². The molecule has 3 nitrogen and oxygen atoms in total. The summed E-state index contributed by atoms with van der Waals surface area (Å²) >= 11 is 1.81. The van der Waals surface area contributed by atoms with E-state index in [2.05, 4.69) is 17.2 Å². The fourth-order valence-electron chi connectivity index (χ4n) is 1.29. The summed E-state index contributed by atoms with van der Waals surface area (Å²) < 4.78 is 5.01. The number of aromatic nitrogens is 1. The van der Waals surface area contributed by atoms with Crippen molar-refractivity contribution in [2.45, 2.75) is 26.3 Å². The summed E-state index contributed by atoms with van der Waals surface area (Å²) in [6.07, 6.45) is 2.09. The molecule has 0 radical (unpaired) electrons. The average molecular weight is 214 g/mol. The van der Waals surface area contributed by atoms with E-state index in [1.165, 1.54) is 9.88 Å². The van der Waals surface area contributed by atoms with Crippen molar-refractivity contribution in [3.8, 4) is 0 Å². The normalized spacial score (nSPS) is 10.8. The molecule has 0 saturated carbocycles. The van der Waals surface area contributed by atoms with Crippen molar-refractivity contribution in [2.24, 2.45) is 0 Å². The first-order valence-corrected chi connectivity index (χ1v) is 5.68. The molecule has 1 N–H and O–H groups in total. The fourth-order valence-corrected chi connectivity index (χ4v) is 2.41. The zero-order valence-electron chi connectivity index (χ0n) is 9.09. The first-order chi connectivity index (χ1) is 6.77. The Kier molecular flexibility index (Phi) is 5.07. The summed E-state index contributed by atoms with van der Waals surface area (Å²) in [5.41, 5.74) is 1.16. The topological polar surface area (TPSA) is 34.1 Å². The molecule has 0 fully saturated rings. The number of aryl methyl sites for hydroxylation is 2. The molecule has 1 aromatic heterocycles. The molecule has 0 bridgehead atoms. The number of ether oxygens (including phenoxy) is 1. The van der Waals surface area contributed by atoms with Crippen molar-refractivity contribution >= 4 is 11.3 Å². The van der Waals surface area contributed by atoms with E-state index in [0.29, 0.717) is 0 Å². The van der Waals surface area contributed by atoms with Crippen LogP contribution in [0.3, 0.4) is 0 Å². The van der Waals surface area contributed by atoms with Crippen molar-refractivity contribution in [1.82, 2.24) is 10.3 Å². The molecule has 4 heteroatoms. The van der Waals surface area contributed by atoms with Crippen LogP contribution in [0.5, 0.6) is 0 Å². The van der Waals surface area contributed by atoms with E-state index in [9.17, 15) is 0 Å². The van der Waals surface area contributed by atoms with Gasteiger partial charge in [-0.3, -0.25) is 0 Å². The number of hydrogen-bond acceptors (Lipinski definition) is 4. The molecule has 1 rings (SSSR count). The second-order valence-corrected chi connectivity index (χ2v) is 4.41. The molecule has 0 amide bonds. The zero-order chi connectivity index (χ0) is 10.4. The molecule has 0 aliphatic rings. The average Bonchev–Trinajstić information content (AvgIpc) is 2.49. The third-order valence-electron chi connectivity index (χ3n) is 2.01. The van der Waals surface area contributed by atoms with Gasteiger partial charge in [0.25, 0.3) is 0 Å². The van der Waals surface area contributed by atoms with Crippen LogP contribution in [-0.2, 0) is 17.7 Å². The first-order valence-electron chi connectivity index (χ1n) is 4.86. The predicted molar refractivity (Wildman–Crippen MR) is 59.8 cm³/mol. The summed E-state index contributed by atoms with van der Waals surface area (Å²) in [6.45, 7) is 3.82. The Labute approximate surface area is 89.5 Å². The van der Waals surface area contributed by atoms with E-state index in [-0.39, 0.29) is 0 Å². The molecule has 0 unspecified atom stereocenters. The van der Waals surface area contributed by atoms with E-state index in [0.717, 1.165) is 31.7 Å². The van der Waals surface area contributed by atoms with Gasteiger partial charge in [-0.1, -0.05) is 0 Å². The SMILES string of the molecule is CNCc1sc(CCCOC)nc1C. The van der Waals surface area contributed by atoms with Gasteiger partial charge in [-0.25, -0.2) is 4.98 Å². The maximum Gasteiger partial charge on any atom is 0.0932 e. The molecular formula is C10H18N2OS. The van der Waals surface area contributed by atoms with Crippen molar-refractivity contribution in [3.63, 3.8) is 0 Å². The van der Waals surface area contributed by atoms with Crippen molar-refractivity contribution in [2.75, 3.05) is 20.8 Å². The van der Waals surface area contributed by atoms with E-state index >= 15 is 0 Å². The molecule has 14 heavy (non-hydrogen) atoms. The molecule has 1 aromatic rings. The van der Waals surface area contributed by atoms with Crippen LogP contribution in [0.2, 0.25) is 0 Å². The maximum absolute atomic E-state index is 5.01. The van der Waals surface area contributed by atoms with E-state index in [1.807, 2.05) is 7.05 Å². The summed E-state index contributed by atoms with van der Waals surface area (Å²) in [7, 11) is 3.70. The smallest absolute Gasteiger partial charge is 0.0932 e. The summed E-state index contributed by atoms with van der Waals surface area (Å²) in [5.74, 6) is 0. The van der Waals surface area contributed by atoms with Crippen LogP contribution in [0.15, 0.2) is 0 Å². The highest BCUT2D eigenvalue weighted by atomic mass is 32.1.